The van der Waals surface area contributed by atoms with Gasteiger partial charge in [0.2, 0.25) is 0 Å². The fraction of sp³-hybridized carbons (Fsp3) is 0.200. The van der Waals surface area contributed by atoms with Crippen LogP contribution in [0.4, 0.5) is 5.13 Å². The molecule has 1 aromatic heterocycles. The van der Waals surface area contributed by atoms with Gasteiger partial charge in [-0.25, -0.2) is 4.98 Å². The molecule has 5 heteroatoms. The summed E-state index contributed by atoms with van der Waals surface area (Å²) in [4.78, 5) is 21.4. The second-order valence-electron chi connectivity index (χ2n) is 7.45. The Balaban J connectivity index is 1.80. The minimum atomic E-state index is -0.0279. The molecular weight excluding hydrogens is 408 g/mol. The Hall–Kier alpha value is -2.63. The van der Waals surface area contributed by atoms with Crippen LogP contribution in [0.25, 0.3) is 10.2 Å². The maximum Gasteiger partial charge on any atom is 0.260 e. The van der Waals surface area contributed by atoms with Crippen LogP contribution in [0.1, 0.15) is 41.3 Å². The fourth-order valence-corrected chi connectivity index (χ4v) is 4.90. The maximum atomic E-state index is 13.6. The van der Waals surface area contributed by atoms with E-state index in [0.717, 1.165) is 25.8 Å². The van der Waals surface area contributed by atoms with Crippen LogP contribution >= 0.6 is 23.1 Å². The lowest BCUT2D eigenvalue weighted by atomic mass is 10.0. The Morgan fingerprint density at radius 1 is 1.03 bits per heavy atom. The molecule has 0 bridgehead atoms. The molecular formula is C25H24N2OS2. The Bertz CT molecular complexity index is 1170. The molecule has 0 spiro atoms. The molecule has 0 aliphatic heterocycles. The molecule has 4 aromatic rings. The summed E-state index contributed by atoms with van der Waals surface area (Å²) < 4.78 is 1.11. The minimum Gasteiger partial charge on any atom is -0.279 e. The topological polar surface area (TPSA) is 33.2 Å². The third kappa shape index (κ3) is 4.27. The van der Waals surface area contributed by atoms with Gasteiger partial charge in [-0.3, -0.25) is 9.69 Å². The molecule has 0 saturated heterocycles. The van der Waals surface area contributed by atoms with Gasteiger partial charge in [-0.1, -0.05) is 73.7 Å². The summed E-state index contributed by atoms with van der Waals surface area (Å²) in [5, 5.41) is 0.738. The van der Waals surface area contributed by atoms with Crippen molar-refractivity contribution >= 4 is 44.4 Å². The molecule has 0 atom stereocenters. The molecule has 0 aliphatic rings. The summed E-state index contributed by atoms with van der Waals surface area (Å²) >= 11 is 3.22. The van der Waals surface area contributed by atoms with Crippen LogP contribution in [0, 0.1) is 0 Å². The summed E-state index contributed by atoms with van der Waals surface area (Å²) in [7, 11) is 0. The first kappa shape index (κ1) is 20.6. The summed E-state index contributed by atoms with van der Waals surface area (Å²) in [6, 6.07) is 24.2. The maximum absolute atomic E-state index is 13.6. The van der Waals surface area contributed by atoms with E-state index < -0.39 is 0 Å². The number of carbonyl (C=O) groups excluding carboxylic acids is 1. The fourth-order valence-electron chi connectivity index (χ4n) is 3.44. The summed E-state index contributed by atoms with van der Waals surface area (Å²) in [5.41, 5.74) is 3.97. The Morgan fingerprint density at radius 2 is 1.80 bits per heavy atom. The molecule has 0 radical (unpaired) electrons. The van der Waals surface area contributed by atoms with Crippen LogP contribution in [-0.4, -0.2) is 17.1 Å². The van der Waals surface area contributed by atoms with E-state index in [4.69, 9.17) is 4.98 Å². The third-order valence-corrected chi connectivity index (χ3v) is 6.81. The predicted molar refractivity (Wildman–Crippen MR) is 129 cm³/mol. The number of thioether (sulfide) groups is 1. The zero-order valence-electron chi connectivity index (χ0n) is 17.3. The minimum absolute atomic E-state index is 0.0279. The second kappa shape index (κ2) is 9.02. The van der Waals surface area contributed by atoms with Gasteiger partial charge in [-0.2, -0.15) is 0 Å². The Labute approximate surface area is 185 Å². The zero-order chi connectivity index (χ0) is 21.1. The van der Waals surface area contributed by atoms with Gasteiger partial charge in [0.25, 0.3) is 5.91 Å². The molecule has 0 aliphatic carbocycles. The molecule has 1 amide bonds. The van der Waals surface area contributed by atoms with Crippen LogP contribution < -0.4 is 4.90 Å². The molecule has 0 unspecified atom stereocenters. The monoisotopic (exact) mass is 432 g/mol. The number of para-hydroxylation sites is 1. The van der Waals surface area contributed by atoms with Gasteiger partial charge in [0.15, 0.2) is 5.13 Å². The highest BCUT2D eigenvalue weighted by atomic mass is 32.2. The molecule has 0 fully saturated rings. The zero-order valence-corrected chi connectivity index (χ0v) is 19.0. The van der Waals surface area contributed by atoms with Gasteiger partial charge < -0.3 is 0 Å². The van der Waals surface area contributed by atoms with Crippen molar-refractivity contribution in [2.45, 2.75) is 31.2 Å². The van der Waals surface area contributed by atoms with Crippen molar-refractivity contribution in [3.05, 3.63) is 89.5 Å². The van der Waals surface area contributed by atoms with Crippen LogP contribution in [0.5, 0.6) is 0 Å². The lowest BCUT2D eigenvalue weighted by Crippen LogP contribution is -2.30. The van der Waals surface area contributed by atoms with Gasteiger partial charge >= 0.3 is 0 Å². The number of aromatic nitrogens is 1. The van der Waals surface area contributed by atoms with E-state index in [9.17, 15) is 4.79 Å². The number of benzene rings is 3. The van der Waals surface area contributed by atoms with Crippen LogP contribution in [0.2, 0.25) is 0 Å². The predicted octanol–water partition coefficient (Wildman–Crippen LogP) is 6.99. The average molecular weight is 433 g/mol. The van der Waals surface area contributed by atoms with Gasteiger partial charge in [-0.15, -0.1) is 11.8 Å². The quantitative estimate of drug-likeness (QED) is 0.308. The van der Waals surface area contributed by atoms with E-state index >= 15 is 0 Å². The van der Waals surface area contributed by atoms with Gasteiger partial charge in [0, 0.05) is 10.5 Å². The number of rotatable bonds is 6. The molecule has 30 heavy (non-hydrogen) atoms. The van der Waals surface area contributed by atoms with E-state index in [1.807, 2.05) is 65.8 Å². The van der Waals surface area contributed by atoms with Gasteiger partial charge in [0.05, 0.1) is 16.8 Å². The van der Waals surface area contributed by atoms with E-state index in [1.165, 1.54) is 5.56 Å². The van der Waals surface area contributed by atoms with Crippen molar-refractivity contribution in [2.75, 3.05) is 11.2 Å². The van der Waals surface area contributed by atoms with E-state index in [1.54, 1.807) is 23.1 Å². The number of amides is 1. The highest BCUT2D eigenvalue weighted by Gasteiger charge is 2.23. The van der Waals surface area contributed by atoms with Crippen LogP contribution in [-0.2, 0) is 6.54 Å². The molecule has 3 nitrogen and oxygen atoms in total. The van der Waals surface area contributed by atoms with Crippen molar-refractivity contribution in [3.8, 4) is 0 Å². The normalized spacial score (nSPS) is 11.2. The molecule has 0 N–H and O–H groups in total. The third-order valence-electron chi connectivity index (χ3n) is 5.04. The highest BCUT2D eigenvalue weighted by molar-refractivity contribution is 7.98. The lowest BCUT2D eigenvalue weighted by Gasteiger charge is -2.20. The molecule has 3 aromatic carbocycles. The number of anilines is 1. The number of nitrogens with zero attached hydrogens (tertiary/aromatic N) is 2. The van der Waals surface area contributed by atoms with Crippen molar-refractivity contribution in [1.29, 1.82) is 0 Å². The standard InChI is InChI=1S/C25H24N2OS2/c1-17(2)21-13-8-14-22-23(21)26-25(30-22)27(16-18-9-5-4-6-10-18)24(28)19-11-7-12-20(15-19)29-3/h4-15,17H,16H2,1-3H3. The van der Waals surface area contributed by atoms with Crippen LogP contribution in [0.15, 0.2) is 77.7 Å². The number of carbonyl (C=O) groups is 1. The number of thiazole rings is 1. The summed E-state index contributed by atoms with van der Waals surface area (Å²) in [5.74, 6) is 0.347. The van der Waals surface area contributed by atoms with Crippen molar-refractivity contribution in [3.63, 3.8) is 0 Å². The first-order chi connectivity index (χ1) is 14.6. The van der Waals surface area contributed by atoms with Gasteiger partial charge in [-0.05, 0) is 47.6 Å². The molecule has 1 heterocycles. The average Bonchev–Trinajstić information content (AvgIpc) is 3.21. The van der Waals surface area contributed by atoms with Gasteiger partial charge in [0.1, 0.15) is 0 Å². The molecule has 4 rings (SSSR count). The highest BCUT2D eigenvalue weighted by Crippen LogP contribution is 2.35. The first-order valence-electron chi connectivity index (χ1n) is 9.96. The van der Waals surface area contributed by atoms with E-state index in [-0.39, 0.29) is 5.91 Å². The Morgan fingerprint density at radius 3 is 2.53 bits per heavy atom. The molecule has 0 saturated carbocycles. The lowest BCUT2D eigenvalue weighted by molar-refractivity contribution is 0.0985. The van der Waals surface area contributed by atoms with Crippen molar-refractivity contribution in [2.24, 2.45) is 0 Å². The second-order valence-corrected chi connectivity index (χ2v) is 9.34. The number of hydrogen-bond acceptors (Lipinski definition) is 4. The SMILES string of the molecule is CSc1cccc(C(=O)N(Cc2ccccc2)c2nc3c(C(C)C)cccc3s2)c1. The van der Waals surface area contributed by atoms with E-state index in [2.05, 4.69) is 32.0 Å². The molecule has 152 valence electrons. The van der Waals surface area contributed by atoms with Crippen LogP contribution in [0.3, 0.4) is 0 Å². The summed E-state index contributed by atoms with van der Waals surface area (Å²) in [6.45, 7) is 4.84. The smallest absolute Gasteiger partial charge is 0.260 e. The number of hydrogen-bond donors (Lipinski definition) is 0. The van der Waals surface area contributed by atoms with Crippen molar-refractivity contribution < 1.29 is 4.79 Å². The Kier molecular flexibility index (Phi) is 6.21. The van der Waals surface area contributed by atoms with Crippen molar-refractivity contribution in [1.82, 2.24) is 4.98 Å². The number of fused-ring (bicyclic) bond motifs is 1. The van der Waals surface area contributed by atoms with E-state index in [0.29, 0.717) is 18.0 Å². The largest absolute Gasteiger partial charge is 0.279 e. The summed E-state index contributed by atoms with van der Waals surface area (Å²) in [6.07, 6.45) is 2.02. The first-order valence-corrected chi connectivity index (χ1v) is 12.0.